The topological polar surface area (TPSA) is 60.0 Å². The third-order valence-corrected chi connectivity index (χ3v) is 3.04. The van der Waals surface area contributed by atoms with Gasteiger partial charge in [0.2, 0.25) is 0 Å². The molecule has 1 unspecified atom stereocenters. The third kappa shape index (κ3) is 10.2. The Labute approximate surface area is 139 Å². The molecule has 0 spiro atoms. The van der Waals surface area contributed by atoms with Gasteiger partial charge >= 0.3 is 0 Å². The summed E-state index contributed by atoms with van der Waals surface area (Å²) in [6, 6.07) is 7.80. The Morgan fingerprint density at radius 2 is 1.57 bits per heavy atom. The highest BCUT2D eigenvalue weighted by molar-refractivity contribution is 5.31. The number of hydrogen-bond donors (Lipinski definition) is 2. The van der Waals surface area contributed by atoms with Crippen LogP contribution in [0.3, 0.4) is 0 Å². The smallest absolute Gasteiger partial charge is 0.119 e. The molecule has 2 N–H and O–H groups in total. The van der Waals surface area contributed by atoms with Gasteiger partial charge in [0.25, 0.3) is 0 Å². The molecule has 0 fully saturated rings. The molecular weight excluding hydrogens is 294 g/mol. The fourth-order valence-electron chi connectivity index (χ4n) is 1.82. The van der Waals surface area contributed by atoms with Crippen molar-refractivity contribution in [2.75, 3.05) is 26.4 Å². The summed E-state index contributed by atoms with van der Waals surface area (Å²) in [6.45, 7) is 10.3. The zero-order valence-corrected chi connectivity index (χ0v) is 14.7. The van der Waals surface area contributed by atoms with Gasteiger partial charge in [-0.15, -0.1) is 0 Å². The number of benzene rings is 1. The number of ether oxygens (including phenoxy) is 3. The van der Waals surface area contributed by atoms with E-state index in [0.717, 1.165) is 17.9 Å². The van der Waals surface area contributed by atoms with Crippen LogP contribution in [0.25, 0.3) is 0 Å². The molecule has 132 valence electrons. The first-order valence-electron chi connectivity index (χ1n) is 8.36. The van der Waals surface area contributed by atoms with E-state index in [1.807, 2.05) is 52.0 Å². The molecule has 23 heavy (non-hydrogen) atoms. The Hall–Kier alpha value is -1.30. The Morgan fingerprint density at radius 1 is 0.957 bits per heavy atom. The monoisotopic (exact) mass is 325 g/mol. The predicted molar refractivity (Wildman–Crippen MR) is 92.3 cm³/mol. The zero-order valence-electron chi connectivity index (χ0n) is 14.7. The molecule has 0 aromatic heterocycles. The summed E-state index contributed by atoms with van der Waals surface area (Å²) in [5.41, 5.74) is 0. The molecule has 0 aliphatic carbocycles. The largest absolute Gasteiger partial charge is 0.494 e. The second-order valence-electron chi connectivity index (χ2n) is 6.12. The van der Waals surface area contributed by atoms with Crippen LogP contribution in [0.2, 0.25) is 0 Å². The maximum Gasteiger partial charge on any atom is 0.119 e. The molecule has 0 bridgehead atoms. The van der Waals surface area contributed by atoms with Crippen LogP contribution in [-0.2, 0) is 4.74 Å². The van der Waals surface area contributed by atoms with Gasteiger partial charge in [0.15, 0.2) is 0 Å². The van der Waals surface area contributed by atoms with E-state index in [2.05, 4.69) is 5.32 Å². The standard InChI is InChI=1S/C18H31NO4/c1-14(2)19-12-16(20)13-23-18-8-6-17(7-9-18)22-11-5-10-21-15(3)4/h6-9,14-16,19-20H,5,10-13H2,1-4H3. The van der Waals surface area contributed by atoms with Gasteiger partial charge in [0.1, 0.15) is 24.2 Å². The SMILES string of the molecule is CC(C)NCC(O)COc1ccc(OCCCOC(C)C)cc1. The van der Waals surface area contributed by atoms with E-state index in [4.69, 9.17) is 14.2 Å². The van der Waals surface area contributed by atoms with E-state index in [9.17, 15) is 5.11 Å². The van der Waals surface area contributed by atoms with Crippen molar-refractivity contribution in [3.8, 4) is 11.5 Å². The van der Waals surface area contributed by atoms with Gasteiger partial charge in [0, 0.05) is 19.0 Å². The number of hydrogen-bond acceptors (Lipinski definition) is 5. The molecule has 5 heteroatoms. The first-order valence-corrected chi connectivity index (χ1v) is 8.36. The average molecular weight is 325 g/mol. The molecule has 1 atom stereocenters. The van der Waals surface area contributed by atoms with Crippen LogP contribution < -0.4 is 14.8 Å². The average Bonchev–Trinajstić information content (AvgIpc) is 2.51. The normalized spacial score (nSPS) is 12.7. The summed E-state index contributed by atoms with van der Waals surface area (Å²) in [7, 11) is 0. The lowest BCUT2D eigenvalue weighted by atomic mass is 10.3. The van der Waals surface area contributed by atoms with E-state index in [1.54, 1.807) is 0 Å². The second kappa shape index (κ2) is 11.3. The maximum absolute atomic E-state index is 9.80. The minimum Gasteiger partial charge on any atom is -0.494 e. The third-order valence-electron chi connectivity index (χ3n) is 3.04. The number of aliphatic hydroxyl groups is 1. The van der Waals surface area contributed by atoms with Crippen LogP contribution in [0.15, 0.2) is 24.3 Å². The fourth-order valence-corrected chi connectivity index (χ4v) is 1.82. The maximum atomic E-state index is 9.80. The quantitative estimate of drug-likeness (QED) is 0.579. The van der Waals surface area contributed by atoms with Crippen molar-refractivity contribution >= 4 is 0 Å². The zero-order chi connectivity index (χ0) is 17.1. The Bertz CT molecular complexity index is 406. The second-order valence-corrected chi connectivity index (χ2v) is 6.12. The molecule has 1 aromatic rings. The number of rotatable bonds is 12. The lowest BCUT2D eigenvalue weighted by molar-refractivity contribution is 0.0694. The summed E-state index contributed by atoms with van der Waals surface area (Å²) in [5, 5.41) is 13.0. The van der Waals surface area contributed by atoms with Crippen LogP contribution in [-0.4, -0.2) is 49.7 Å². The van der Waals surface area contributed by atoms with Crippen molar-refractivity contribution in [1.29, 1.82) is 0 Å². The van der Waals surface area contributed by atoms with Crippen molar-refractivity contribution in [2.24, 2.45) is 0 Å². The molecular formula is C18H31NO4. The number of aliphatic hydroxyl groups excluding tert-OH is 1. The Balaban J connectivity index is 2.20. The van der Waals surface area contributed by atoms with Gasteiger partial charge in [-0.1, -0.05) is 13.8 Å². The molecule has 0 saturated heterocycles. The van der Waals surface area contributed by atoms with Gasteiger partial charge in [-0.25, -0.2) is 0 Å². The van der Waals surface area contributed by atoms with Crippen molar-refractivity contribution in [3.05, 3.63) is 24.3 Å². The summed E-state index contributed by atoms with van der Waals surface area (Å²) in [4.78, 5) is 0. The molecule has 0 saturated carbocycles. The van der Waals surface area contributed by atoms with E-state index in [0.29, 0.717) is 25.8 Å². The minimum absolute atomic E-state index is 0.262. The highest BCUT2D eigenvalue weighted by atomic mass is 16.5. The van der Waals surface area contributed by atoms with Crippen molar-refractivity contribution < 1.29 is 19.3 Å². The van der Waals surface area contributed by atoms with E-state index >= 15 is 0 Å². The lowest BCUT2D eigenvalue weighted by Crippen LogP contribution is -2.35. The summed E-state index contributed by atoms with van der Waals surface area (Å²) in [5.74, 6) is 1.54. The van der Waals surface area contributed by atoms with Gasteiger partial charge < -0.3 is 24.6 Å². The Kier molecular flexibility index (Phi) is 9.67. The molecule has 1 aromatic carbocycles. The van der Waals surface area contributed by atoms with Crippen molar-refractivity contribution in [2.45, 2.75) is 52.4 Å². The van der Waals surface area contributed by atoms with Crippen LogP contribution in [0.1, 0.15) is 34.1 Å². The minimum atomic E-state index is -0.519. The van der Waals surface area contributed by atoms with E-state index < -0.39 is 6.10 Å². The molecule has 0 aliphatic heterocycles. The first-order chi connectivity index (χ1) is 11.0. The summed E-state index contributed by atoms with van der Waals surface area (Å²) >= 11 is 0. The summed E-state index contributed by atoms with van der Waals surface area (Å²) in [6.07, 6.45) is 0.609. The van der Waals surface area contributed by atoms with E-state index in [-0.39, 0.29) is 12.7 Å². The Morgan fingerprint density at radius 3 is 2.13 bits per heavy atom. The molecule has 0 heterocycles. The molecule has 0 radical (unpaired) electrons. The molecule has 0 aliphatic rings. The molecule has 5 nitrogen and oxygen atoms in total. The predicted octanol–water partition coefficient (Wildman–Crippen LogP) is 2.62. The van der Waals surface area contributed by atoms with Gasteiger partial charge in [-0.2, -0.15) is 0 Å². The van der Waals surface area contributed by atoms with Crippen LogP contribution in [0.4, 0.5) is 0 Å². The van der Waals surface area contributed by atoms with Crippen LogP contribution in [0.5, 0.6) is 11.5 Å². The first kappa shape index (κ1) is 19.7. The summed E-state index contributed by atoms with van der Waals surface area (Å²) < 4.78 is 16.7. The van der Waals surface area contributed by atoms with Crippen LogP contribution in [0, 0.1) is 0 Å². The molecule has 1 rings (SSSR count). The fraction of sp³-hybridized carbons (Fsp3) is 0.667. The van der Waals surface area contributed by atoms with Crippen molar-refractivity contribution in [1.82, 2.24) is 5.32 Å². The molecule has 0 amide bonds. The van der Waals surface area contributed by atoms with Gasteiger partial charge in [-0.3, -0.25) is 0 Å². The highest BCUT2D eigenvalue weighted by Gasteiger charge is 2.06. The van der Waals surface area contributed by atoms with Gasteiger partial charge in [-0.05, 0) is 38.1 Å². The van der Waals surface area contributed by atoms with Crippen molar-refractivity contribution in [3.63, 3.8) is 0 Å². The highest BCUT2D eigenvalue weighted by Crippen LogP contribution is 2.17. The van der Waals surface area contributed by atoms with Crippen LogP contribution >= 0.6 is 0 Å². The lowest BCUT2D eigenvalue weighted by Gasteiger charge is -2.15. The van der Waals surface area contributed by atoms with Gasteiger partial charge in [0.05, 0.1) is 19.3 Å². The number of nitrogens with one attached hydrogen (secondary N) is 1. The van der Waals surface area contributed by atoms with E-state index in [1.165, 1.54) is 0 Å².